The van der Waals surface area contributed by atoms with E-state index in [0.29, 0.717) is 0 Å². The van der Waals surface area contributed by atoms with Crippen LogP contribution >= 0.6 is 31.9 Å². The minimum atomic E-state index is 0.980. The second-order valence-electron chi connectivity index (χ2n) is 10.4. The summed E-state index contributed by atoms with van der Waals surface area (Å²) in [5.41, 5.74) is 7.23. The Labute approximate surface area is 247 Å². The van der Waals surface area contributed by atoms with Crippen molar-refractivity contribution in [3.63, 3.8) is 0 Å². The largest absolute Gasteiger partial charge is 0.292 e. The molecule has 6 aromatic rings. The van der Waals surface area contributed by atoms with Crippen LogP contribution in [0.2, 0.25) is 0 Å². The minimum Gasteiger partial charge on any atom is -0.292 e. The van der Waals surface area contributed by atoms with Crippen LogP contribution in [0.5, 0.6) is 0 Å². The fourth-order valence-electron chi connectivity index (χ4n) is 5.59. The van der Waals surface area contributed by atoms with Crippen LogP contribution in [0.4, 0.5) is 0 Å². The van der Waals surface area contributed by atoms with E-state index in [-0.39, 0.29) is 0 Å². The van der Waals surface area contributed by atoms with Crippen LogP contribution in [-0.2, 0) is 12.8 Å². The minimum absolute atomic E-state index is 0.980. The highest BCUT2D eigenvalue weighted by molar-refractivity contribution is 9.10. The van der Waals surface area contributed by atoms with Crippen molar-refractivity contribution < 1.29 is 0 Å². The predicted octanol–water partition coefficient (Wildman–Crippen LogP) is 11.2. The summed E-state index contributed by atoms with van der Waals surface area (Å²) in [5, 5.41) is 4.79. The summed E-state index contributed by atoms with van der Waals surface area (Å²) < 4.78 is 4.52. The summed E-state index contributed by atoms with van der Waals surface area (Å²) in [6, 6.07) is 31.3. The number of fused-ring (bicyclic) bond motifs is 6. The van der Waals surface area contributed by atoms with E-state index in [0.717, 1.165) is 55.3 Å². The van der Waals surface area contributed by atoms with Crippen molar-refractivity contribution >= 4 is 64.4 Å². The first-order chi connectivity index (χ1) is 19.1. The van der Waals surface area contributed by atoms with Crippen molar-refractivity contribution in [1.29, 1.82) is 0 Å². The number of aromatic nitrogens is 2. The monoisotopic (exact) mass is 638 g/mol. The molecule has 0 radical (unpaired) electrons. The maximum atomic E-state index is 5.39. The normalized spacial score (nSPS) is 11.7. The number of hydrogen-bond acceptors (Lipinski definition) is 1. The Kier molecular flexibility index (Phi) is 7.59. The molecular formula is C35H32Br2N2. The summed E-state index contributed by atoms with van der Waals surface area (Å²) in [6.45, 7) is 4.49. The van der Waals surface area contributed by atoms with Gasteiger partial charge in [-0.25, -0.2) is 4.98 Å². The molecule has 1 aromatic heterocycles. The summed E-state index contributed by atoms with van der Waals surface area (Å²) >= 11 is 7.43. The number of halogens is 2. The molecule has 4 heteroatoms. The van der Waals surface area contributed by atoms with Crippen LogP contribution in [0.3, 0.4) is 0 Å². The molecule has 0 saturated heterocycles. The lowest BCUT2D eigenvalue weighted by molar-refractivity contribution is 0.795. The summed E-state index contributed by atoms with van der Waals surface area (Å²) in [5.74, 6) is 0.980. The van der Waals surface area contributed by atoms with E-state index in [1.54, 1.807) is 0 Å². The quantitative estimate of drug-likeness (QED) is 0.151. The molecule has 0 aliphatic rings. The van der Waals surface area contributed by atoms with Crippen molar-refractivity contribution in [3.8, 4) is 17.1 Å². The van der Waals surface area contributed by atoms with E-state index in [4.69, 9.17) is 4.98 Å². The smallest absolute Gasteiger partial charge is 0.145 e. The van der Waals surface area contributed by atoms with Crippen molar-refractivity contribution in [2.45, 2.75) is 52.4 Å². The van der Waals surface area contributed by atoms with E-state index in [2.05, 4.69) is 135 Å². The van der Waals surface area contributed by atoms with Crippen molar-refractivity contribution in [2.75, 3.05) is 0 Å². The van der Waals surface area contributed by atoms with Crippen molar-refractivity contribution in [1.82, 2.24) is 9.55 Å². The maximum absolute atomic E-state index is 5.39. The average Bonchev–Trinajstić information content (AvgIpc) is 3.36. The van der Waals surface area contributed by atoms with Gasteiger partial charge in [0.1, 0.15) is 5.82 Å². The van der Waals surface area contributed by atoms with Gasteiger partial charge in [0, 0.05) is 31.0 Å². The Bertz CT molecular complexity index is 1780. The maximum Gasteiger partial charge on any atom is 0.145 e. The molecule has 0 unspecified atom stereocenters. The van der Waals surface area contributed by atoms with Crippen LogP contribution < -0.4 is 0 Å². The Morgan fingerprint density at radius 3 is 1.74 bits per heavy atom. The van der Waals surface area contributed by atoms with E-state index < -0.39 is 0 Å². The highest BCUT2D eigenvalue weighted by Gasteiger charge is 2.20. The van der Waals surface area contributed by atoms with E-state index in [9.17, 15) is 0 Å². The molecule has 0 aliphatic heterocycles. The molecular weight excluding hydrogens is 608 g/mol. The Morgan fingerprint density at radius 1 is 0.615 bits per heavy atom. The Morgan fingerprint density at radius 2 is 1.15 bits per heavy atom. The molecule has 0 fully saturated rings. The van der Waals surface area contributed by atoms with Gasteiger partial charge in [0.2, 0.25) is 0 Å². The zero-order chi connectivity index (χ0) is 26.9. The third-order valence-corrected chi connectivity index (χ3v) is 8.67. The number of imidazole rings is 1. The zero-order valence-corrected chi connectivity index (χ0v) is 25.6. The fraction of sp³-hybridized carbons (Fsp3) is 0.229. The second kappa shape index (κ2) is 11.3. The van der Waals surface area contributed by atoms with E-state index in [1.807, 2.05) is 0 Å². The zero-order valence-electron chi connectivity index (χ0n) is 22.5. The molecule has 0 saturated carbocycles. The predicted molar refractivity (Wildman–Crippen MR) is 174 cm³/mol. The third-order valence-electron chi connectivity index (χ3n) is 7.69. The van der Waals surface area contributed by atoms with Gasteiger partial charge in [-0.2, -0.15) is 0 Å². The van der Waals surface area contributed by atoms with Crippen molar-refractivity contribution in [2.24, 2.45) is 0 Å². The standard InChI is InChI=1S/C35H32Br2N2/c1-3-5-7-23-9-13-25(14-10-23)35-38-33-29-19-15-26(36)21-31(29)32-22-27(37)16-20-30(32)34(33)39(35)28-17-11-24(12-18-28)8-6-4-2/h9-22H,3-8H2,1-2H3. The van der Waals surface area contributed by atoms with Gasteiger partial charge in [-0.15, -0.1) is 0 Å². The Hall–Kier alpha value is -2.95. The lowest BCUT2D eigenvalue weighted by atomic mass is 10.00. The van der Waals surface area contributed by atoms with Crippen LogP contribution in [0.25, 0.3) is 49.7 Å². The molecule has 2 nitrogen and oxygen atoms in total. The van der Waals surface area contributed by atoms with Gasteiger partial charge in [-0.3, -0.25) is 4.57 Å². The summed E-state index contributed by atoms with van der Waals surface area (Å²) in [7, 11) is 0. The van der Waals surface area contributed by atoms with Gasteiger partial charge in [0.25, 0.3) is 0 Å². The van der Waals surface area contributed by atoms with Gasteiger partial charge in [-0.1, -0.05) is 107 Å². The summed E-state index contributed by atoms with van der Waals surface area (Å²) in [6.07, 6.45) is 7.07. The topological polar surface area (TPSA) is 17.8 Å². The van der Waals surface area contributed by atoms with Crippen molar-refractivity contribution in [3.05, 3.63) is 105 Å². The van der Waals surface area contributed by atoms with Crippen LogP contribution in [0.1, 0.15) is 50.7 Å². The SMILES string of the molecule is CCCCc1ccc(-c2nc3c4ccc(Br)cc4c4cc(Br)ccc4c3n2-c2ccc(CCCC)cc2)cc1. The lowest BCUT2D eigenvalue weighted by Gasteiger charge is -2.14. The molecule has 39 heavy (non-hydrogen) atoms. The Balaban J connectivity index is 1.66. The molecule has 196 valence electrons. The van der Waals surface area contributed by atoms with Crippen LogP contribution in [0, 0.1) is 0 Å². The molecule has 0 amide bonds. The molecule has 5 aromatic carbocycles. The molecule has 0 atom stereocenters. The average molecular weight is 640 g/mol. The van der Waals surface area contributed by atoms with E-state index in [1.165, 1.54) is 53.0 Å². The number of nitrogens with zero attached hydrogens (tertiary/aromatic N) is 2. The summed E-state index contributed by atoms with van der Waals surface area (Å²) in [4.78, 5) is 5.39. The fourth-order valence-corrected chi connectivity index (χ4v) is 6.31. The van der Waals surface area contributed by atoms with Gasteiger partial charge in [0.05, 0.1) is 11.0 Å². The number of unbranched alkanes of at least 4 members (excludes halogenated alkanes) is 2. The second-order valence-corrected chi connectivity index (χ2v) is 12.2. The van der Waals surface area contributed by atoms with Gasteiger partial charge in [0.15, 0.2) is 0 Å². The molecule has 0 aliphatic carbocycles. The van der Waals surface area contributed by atoms with Gasteiger partial charge >= 0.3 is 0 Å². The first-order valence-corrected chi connectivity index (χ1v) is 15.6. The van der Waals surface area contributed by atoms with Crippen LogP contribution in [0.15, 0.2) is 93.9 Å². The molecule has 6 rings (SSSR count). The lowest BCUT2D eigenvalue weighted by Crippen LogP contribution is -1.99. The first-order valence-electron chi connectivity index (χ1n) is 14.0. The molecule has 1 heterocycles. The molecule has 0 spiro atoms. The van der Waals surface area contributed by atoms with Gasteiger partial charge in [-0.05, 0) is 84.0 Å². The number of benzene rings is 5. The molecule has 0 N–H and O–H groups in total. The van der Waals surface area contributed by atoms with Crippen LogP contribution in [-0.4, -0.2) is 9.55 Å². The number of rotatable bonds is 8. The highest BCUT2D eigenvalue weighted by Crippen LogP contribution is 2.40. The van der Waals surface area contributed by atoms with Gasteiger partial charge < -0.3 is 0 Å². The number of aryl methyl sites for hydroxylation is 2. The first kappa shape index (κ1) is 26.3. The molecule has 0 bridgehead atoms. The number of hydrogen-bond donors (Lipinski definition) is 0. The third kappa shape index (κ3) is 5.05. The highest BCUT2D eigenvalue weighted by atomic mass is 79.9. The van der Waals surface area contributed by atoms with E-state index >= 15 is 0 Å².